The van der Waals surface area contributed by atoms with Crippen LogP contribution < -0.4 is 15.0 Å². The summed E-state index contributed by atoms with van der Waals surface area (Å²) in [6.07, 6.45) is 0. The number of nitrogens with zero attached hydrogens (tertiary/aromatic N) is 1. The van der Waals surface area contributed by atoms with Crippen LogP contribution in [0.15, 0.2) is 36.4 Å². The van der Waals surface area contributed by atoms with Crippen LogP contribution in [0.3, 0.4) is 0 Å². The van der Waals surface area contributed by atoms with Crippen molar-refractivity contribution in [3.63, 3.8) is 0 Å². The summed E-state index contributed by atoms with van der Waals surface area (Å²) in [4.78, 5) is 27.0. The zero-order valence-corrected chi connectivity index (χ0v) is 16.8. The van der Waals surface area contributed by atoms with Crippen LogP contribution in [0.2, 0.25) is 10.0 Å². The van der Waals surface area contributed by atoms with Gasteiger partial charge in [0, 0.05) is 17.3 Å². The van der Waals surface area contributed by atoms with Gasteiger partial charge in [-0.3, -0.25) is 9.59 Å². The van der Waals surface area contributed by atoms with Gasteiger partial charge in [0.1, 0.15) is 12.4 Å². The fourth-order valence-corrected chi connectivity index (χ4v) is 3.40. The van der Waals surface area contributed by atoms with Gasteiger partial charge >= 0.3 is 0 Å². The van der Waals surface area contributed by atoms with E-state index in [2.05, 4.69) is 5.32 Å². The molecule has 1 N–H and O–H groups in total. The van der Waals surface area contributed by atoms with Crippen LogP contribution in [0.5, 0.6) is 5.75 Å². The van der Waals surface area contributed by atoms with Crippen molar-refractivity contribution in [2.75, 3.05) is 23.4 Å². The highest BCUT2D eigenvalue weighted by molar-refractivity contribution is 6.37. The molecule has 3 rings (SSSR count). The van der Waals surface area contributed by atoms with E-state index in [1.54, 1.807) is 35.2 Å². The van der Waals surface area contributed by atoms with Gasteiger partial charge in [0.25, 0.3) is 5.91 Å². The molecule has 0 radical (unpaired) electrons. The Balaban J connectivity index is 1.92. The third kappa shape index (κ3) is 3.89. The van der Waals surface area contributed by atoms with E-state index < -0.39 is 5.41 Å². The van der Waals surface area contributed by atoms with Gasteiger partial charge in [0.2, 0.25) is 5.91 Å². The maximum Gasteiger partial charge on any atom is 0.257 e. The maximum absolute atomic E-state index is 12.8. The van der Waals surface area contributed by atoms with Crippen molar-refractivity contribution in [2.24, 2.45) is 5.41 Å². The van der Waals surface area contributed by atoms with Gasteiger partial charge < -0.3 is 15.0 Å². The van der Waals surface area contributed by atoms with Crippen LogP contribution in [0, 0.1) is 5.41 Å². The highest BCUT2D eigenvalue weighted by Crippen LogP contribution is 2.38. The van der Waals surface area contributed by atoms with Gasteiger partial charge in [-0.25, -0.2) is 0 Å². The SMILES string of the molecule is CCN1C(=O)C(C)(C)COc2ccc(NC(=O)c3ccc(Cl)cc3Cl)cc21. The zero-order chi connectivity index (χ0) is 19.8. The molecular formula is C20H20Cl2N2O3. The van der Waals surface area contributed by atoms with Crippen molar-refractivity contribution in [1.82, 2.24) is 0 Å². The van der Waals surface area contributed by atoms with Gasteiger partial charge in [-0.1, -0.05) is 23.2 Å². The lowest BCUT2D eigenvalue weighted by atomic mass is 9.93. The number of amides is 2. The maximum atomic E-state index is 12.8. The molecule has 2 aromatic carbocycles. The minimum Gasteiger partial charge on any atom is -0.490 e. The largest absolute Gasteiger partial charge is 0.490 e. The number of rotatable bonds is 3. The van der Waals surface area contributed by atoms with Gasteiger partial charge in [-0.05, 0) is 57.2 Å². The normalized spacial score (nSPS) is 15.6. The van der Waals surface area contributed by atoms with Crippen LogP contribution in [-0.2, 0) is 4.79 Å². The molecule has 0 atom stereocenters. The molecule has 1 heterocycles. The van der Waals surface area contributed by atoms with E-state index >= 15 is 0 Å². The molecule has 5 nitrogen and oxygen atoms in total. The van der Waals surface area contributed by atoms with Crippen molar-refractivity contribution in [3.8, 4) is 5.75 Å². The van der Waals surface area contributed by atoms with Gasteiger partial charge in [0.15, 0.2) is 0 Å². The minimum atomic E-state index is -0.630. The number of hydrogen-bond donors (Lipinski definition) is 1. The van der Waals surface area contributed by atoms with Crippen molar-refractivity contribution in [3.05, 3.63) is 52.0 Å². The van der Waals surface area contributed by atoms with E-state index in [9.17, 15) is 9.59 Å². The van der Waals surface area contributed by atoms with Crippen LogP contribution in [0.25, 0.3) is 0 Å². The molecule has 0 spiro atoms. The first-order chi connectivity index (χ1) is 12.7. The molecule has 0 fully saturated rings. The van der Waals surface area contributed by atoms with Crippen LogP contribution in [0.1, 0.15) is 31.1 Å². The van der Waals surface area contributed by atoms with E-state index in [-0.39, 0.29) is 16.8 Å². The predicted octanol–water partition coefficient (Wildman–Crippen LogP) is 5.02. The van der Waals surface area contributed by atoms with Crippen molar-refractivity contribution < 1.29 is 14.3 Å². The van der Waals surface area contributed by atoms with Gasteiger partial charge in [-0.15, -0.1) is 0 Å². The lowest BCUT2D eigenvalue weighted by molar-refractivity contribution is -0.127. The molecule has 1 aliphatic heterocycles. The molecular weight excluding hydrogens is 387 g/mol. The van der Waals surface area contributed by atoms with Crippen LogP contribution in [0.4, 0.5) is 11.4 Å². The Hall–Kier alpha value is -2.24. The molecule has 0 aromatic heterocycles. The molecule has 0 saturated heterocycles. The summed E-state index contributed by atoms with van der Waals surface area (Å²) in [6.45, 7) is 6.41. The Morgan fingerprint density at radius 2 is 1.96 bits per heavy atom. The standard InChI is InChI=1S/C20H20Cl2N2O3/c1-4-24-16-10-13(6-8-17(16)27-11-20(2,3)19(24)26)23-18(25)14-7-5-12(21)9-15(14)22/h5-10H,4,11H2,1-3H3,(H,23,25). The molecule has 27 heavy (non-hydrogen) atoms. The van der Waals surface area contributed by atoms with Crippen LogP contribution in [-0.4, -0.2) is 25.0 Å². The molecule has 0 aliphatic carbocycles. The Morgan fingerprint density at radius 3 is 2.63 bits per heavy atom. The number of fused-ring (bicyclic) bond motifs is 1. The van der Waals surface area contributed by atoms with Crippen LogP contribution >= 0.6 is 23.2 Å². The number of anilines is 2. The molecule has 142 valence electrons. The van der Waals surface area contributed by atoms with Crippen molar-refractivity contribution >= 4 is 46.4 Å². The average Bonchev–Trinajstić information content (AvgIpc) is 2.69. The topological polar surface area (TPSA) is 58.6 Å². The number of hydrogen-bond acceptors (Lipinski definition) is 3. The summed E-state index contributed by atoms with van der Waals surface area (Å²) in [7, 11) is 0. The summed E-state index contributed by atoms with van der Waals surface area (Å²) in [5.41, 5.74) is 0.860. The summed E-state index contributed by atoms with van der Waals surface area (Å²) in [5, 5.41) is 3.53. The van der Waals surface area contributed by atoms with Gasteiger partial charge in [0.05, 0.1) is 21.7 Å². The monoisotopic (exact) mass is 406 g/mol. The second kappa shape index (κ2) is 7.41. The van der Waals surface area contributed by atoms with Gasteiger partial charge in [-0.2, -0.15) is 0 Å². The highest BCUT2D eigenvalue weighted by atomic mass is 35.5. The fourth-order valence-electron chi connectivity index (χ4n) is 2.91. The van der Waals surface area contributed by atoms with E-state index in [1.807, 2.05) is 20.8 Å². The number of carbonyl (C=O) groups is 2. The summed E-state index contributed by atoms with van der Waals surface area (Å²) < 4.78 is 5.83. The summed E-state index contributed by atoms with van der Waals surface area (Å²) >= 11 is 12.0. The Bertz CT molecular complexity index is 912. The number of ether oxygens (including phenoxy) is 1. The Morgan fingerprint density at radius 1 is 1.22 bits per heavy atom. The lowest BCUT2D eigenvalue weighted by Gasteiger charge is -2.27. The number of carbonyl (C=O) groups excluding carboxylic acids is 2. The molecule has 7 heteroatoms. The molecule has 2 amide bonds. The number of halogens is 2. The first-order valence-electron chi connectivity index (χ1n) is 8.58. The Labute approximate surface area is 168 Å². The van der Waals surface area contributed by atoms with E-state index in [0.717, 1.165) is 0 Å². The highest BCUT2D eigenvalue weighted by Gasteiger charge is 2.37. The molecule has 0 saturated carbocycles. The lowest BCUT2D eigenvalue weighted by Crippen LogP contribution is -2.42. The Kier molecular flexibility index (Phi) is 5.36. The first-order valence-corrected chi connectivity index (χ1v) is 9.34. The predicted molar refractivity (Wildman–Crippen MR) is 108 cm³/mol. The first kappa shape index (κ1) is 19.5. The quantitative estimate of drug-likeness (QED) is 0.778. The smallest absolute Gasteiger partial charge is 0.257 e. The minimum absolute atomic E-state index is 0.0204. The fraction of sp³-hybridized carbons (Fsp3) is 0.300. The van der Waals surface area contributed by atoms with E-state index in [0.29, 0.717) is 40.9 Å². The molecule has 0 unspecified atom stereocenters. The second-order valence-electron chi connectivity index (χ2n) is 6.98. The third-order valence-corrected chi connectivity index (χ3v) is 4.96. The third-order valence-electron chi connectivity index (χ3n) is 4.41. The van der Waals surface area contributed by atoms with E-state index in [1.165, 1.54) is 6.07 Å². The number of benzene rings is 2. The molecule has 1 aliphatic rings. The molecule has 0 bridgehead atoms. The van der Waals surface area contributed by atoms with Crippen molar-refractivity contribution in [2.45, 2.75) is 20.8 Å². The van der Waals surface area contributed by atoms with E-state index in [4.69, 9.17) is 27.9 Å². The number of nitrogens with one attached hydrogen (secondary N) is 1. The summed E-state index contributed by atoms with van der Waals surface area (Å²) in [6, 6.07) is 9.91. The zero-order valence-electron chi connectivity index (χ0n) is 15.3. The summed E-state index contributed by atoms with van der Waals surface area (Å²) in [5.74, 6) is 0.229. The average molecular weight is 407 g/mol. The second-order valence-corrected chi connectivity index (χ2v) is 7.83. The molecule has 2 aromatic rings. The van der Waals surface area contributed by atoms with Crippen molar-refractivity contribution in [1.29, 1.82) is 0 Å².